The molecular formula is C14H17F2NO2. The lowest BCUT2D eigenvalue weighted by atomic mass is 10.0. The summed E-state index contributed by atoms with van der Waals surface area (Å²) in [7, 11) is 0. The summed E-state index contributed by atoms with van der Waals surface area (Å²) >= 11 is 0. The molecule has 0 aliphatic carbocycles. The molecule has 1 N–H and O–H groups in total. The third-order valence-corrected chi connectivity index (χ3v) is 3.31. The van der Waals surface area contributed by atoms with Crippen LogP contribution in [0.4, 0.5) is 14.5 Å². The standard InChI is InChI=1S/C14H17F2NO2/c1-9(18)5-12-13(15)6-10(7-14(12)16)17-4-2-3-11(19)8-17/h6-7,11,19H,2-5,8H2,1H3/t11-/m1/s1. The Morgan fingerprint density at radius 3 is 2.58 bits per heavy atom. The zero-order valence-corrected chi connectivity index (χ0v) is 10.8. The average Bonchev–Trinajstić information content (AvgIpc) is 2.33. The van der Waals surface area contributed by atoms with Crippen molar-refractivity contribution in [1.82, 2.24) is 0 Å². The molecule has 3 nitrogen and oxygen atoms in total. The fraction of sp³-hybridized carbons (Fsp3) is 0.500. The highest BCUT2D eigenvalue weighted by atomic mass is 19.1. The molecule has 0 aromatic heterocycles. The van der Waals surface area contributed by atoms with Crippen LogP contribution >= 0.6 is 0 Å². The normalized spacial score (nSPS) is 19.6. The van der Waals surface area contributed by atoms with Gasteiger partial charge in [0.25, 0.3) is 0 Å². The number of aliphatic hydroxyl groups is 1. The van der Waals surface area contributed by atoms with Gasteiger partial charge in [-0.15, -0.1) is 0 Å². The van der Waals surface area contributed by atoms with Gasteiger partial charge >= 0.3 is 0 Å². The van der Waals surface area contributed by atoms with Gasteiger partial charge < -0.3 is 10.0 Å². The van der Waals surface area contributed by atoms with E-state index in [0.29, 0.717) is 25.2 Å². The molecule has 0 amide bonds. The van der Waals surface area contributed by atoms with Crippen LogP contribution in [0.2, 0.25) is 0 Å². The molecule has 5 heteroatoms. The minimum atomic E-state index is -0.703. The van der Waals surface area contributed by atoms with E-state index >= 15 is 0 Å². The molecule has 0 unspecified atom stereocenters. The van der Waals surface area contributed by atoms with Crippen molar-refractivity contribution in [1.29, 1.82) is 0 Å². The molecule has 19 heavy (non-hydrogen) atoms. The molecule has 104 valence electrons. The Hall–Kier alpha value is -1.49. The van der Waals surface area contributed by atoms with Crippen LogP contribution in [0.1, 0.15) is 25.3 Å². The monoisotopic (exact) mass is 269 g/mol. The number of anilines is 1. The topological polar surface area (TPSA) is 40.5 Å². The SMILES string of the molecule is CC(=O)Cc1c(F)cc(N2CCC[C@@H](O)C2)cc1F. The second-order valence-electron chi connectivity index (χ2n) is 5.01. The van der Waals surface area contributed by atoms with E-state index in [2.05, 4.69) is 0 Å². The Kier molecular flexibility index (Phi) is 4.14. The van der Waals surface area contributed by atoms with Gasteiger partial charge in [-0.25, -0.2) is 8.78 Å². The predicted octanol–water partition coefficient (Wildman–Crippen LogP) is 2.06. The number of carbonyl (C=O) groups excluding carboxylic acids is 1. The van der Waals surface area contributed by atoms with Gasteiger partial charge in [0.1, 0.15) is 17.4 Å². The Balaban J connectivity index is 2.26. The lowest BCUT2D eigenvalue weighted by Crippen LogP contribution is -2.38. The van der Waals surface area contributed by atoms with Crippen LogP contribution in [0.3, 0.4) is 0 Å². The van der Waals surface area contributed by atoms with Gasteiger partial charge in [0.05, 0.1) is 6.10 Å². The molecule has 1 saturated heterocycles. The van der Waals surface area contributed by atoms with E-state index in [-0.39, 0.29) is 17.8 Å². The lowest BCUT2D eigenvalue weighted by Gasteiger charge is -2.32. The molecule has 0 bridgehead atoms. The van der Waals surface area contributed by atoms with Gasteiger partial charge in [-0.2, -0.15) is 0 Å². The van der Waals surface area contributed by atoms with E-state index in [4.69, 9.17) is 0 Å². The van der Waals surface area contributed by atoms with Crippen molar-refractivity contribution in [3.63, 3.8) is 0 Å². The van der Waals surface area contributed by atoms with Gasteiger partial charge in [-0.05, 0) is 31.9 Å². The highest BCUT2D eigenvalue weighted by Gasteiger charge is 2.21. The van der Waals surface area contributed by atoms with E-state index in [1.54, 1.807) is 4.90 Å². The number of nitrogens with zero attached hydrogens (tertiary/aromatic N) is 1. The van der Waals surface area contributed by atoms with Crippen molar-refractivity contribution in [3.8, 4) is 0 Å². The number of aliphatic hydroxyl groups excluding tert-OH is 1. The van der Waals surface area contributed by atoms with Crippen molar-refractivity contribution in [3.05, 3.63) is 29.3 Å². The van der Waals surface area contributed by atoms with Crippen LogP contribution in [-0.4, -0.2) is 30.1 Å². The Bertz CT molecular complexity index is 467. The lowest BCUT2D eigenvalue weighted by molar-refractivity contribution is -0.116. The number of piperidine rings is 1. The number of Topliss-reactive ketones (excluding diaryl/α,β-unsaturated/α-hetero) is 1. The first kappa shape index (κ1) is 13.9. The van der Waals surface area contributed by atoms with Crippen molar-refractivity contribution in [2.75, 3.05) is 18.0 Å². The molecule has 0 saturated carbocycles. The first-order chi connectivity index (χ1) is 8.97. The Morgan fingerprint density at radius 2 is 2.05 bits per heavy atom. The van der Waals surface area contributed by atoms with Gasteiger partial charge in [0, 0.05) is 30.8 Å². The summed E-state index contributed by atoms with van der Waals surface area (Å²) in [5.74, 6) is -1.69. The third kappa shape index (κ3) is 3.29. The summed E-state index contributed by atoms with van der Waals surface area (Å²) in [6.45, 7) is 2.35. The summed E-state index contributed by atoms with van der Waals surface area (Å²) in [4.78, 5) is 12.7. The molecule has 1 aromatic carbocycles. The number of rotatable bonds is 3. The molecule has 1 aliphatic heterocycles. The molecule has 2 rings (SSSR count). The third-order valence-electron chi connectivity index (χ3n) is 3.31. The molecule has 1 heterocycles. The van der Waals surface area contributed by atoms with Crippen LogP contribution in [0.5, 0.6) is 0 Å². The number of carbonyl (C=O) groups is 1. The van der Waals surface area contributed by atoms with E-state index in [0.717, 1.165) is 6.42 Å². The molecular weight excluding hydrogens is 252 g/mol. The largest absolute Gasteiger partial charge is 0.391 e. The van der Waals surface area contributed by atoms with Crippen LogP contribution < -0.4 is 4.90 Å². The maximum Gasteiger partial charge on any atom is 0.134 e. The number of β-amino-alcohol motifs (C(OH)–C–C–N with tert-alkyl or cyclic N) is 1. The second kappa shape index (κ2) is 5.65. The van der Waals surface area contributed by atoms with Crippen molar-refractivity contribution >= 4 is 11.5 Å². The van der Waals surface area contributed by atoms with Crippen LogP contribution in [0, 0.1) is 11.6 Å². The quantitative estimate of drug-likeness (QED) is 0.913. The molecule has 0 spiro atoms. The fourth-order valence-corrected chi connectivity index (χ4v) is 2.38. The summed E-state index contributed by atoms with van der Waals surface area (Å²) in [6, 6.07) is 2.47. The number of hydrogen-bond donors (Lipinski definition) is 1. The molecule has 1 fully saturated rings. The predicted molar refractivity (Wildman–Crippen MR) is 68.2 cm³/mol. The van der Waals surface area contributed by atoms with Crippen molar-refractivity contribution in [2.45, 2.75) is 32.3 Å². The Morgan fingerprint density at radius 1 is 1.42 bits per heavy atom. The summed E-state index contributed by atoms with van der Waals surface area (Å²) in [5, 5.41) is 9.58. The smallest absolute Gasteiger partial charge is 0.134 e. The van der Waals surface area contributed by atoms with Crippen LogP contribution in [0.15, 0.2) is 12.1 Å². The highest BCUT2D eigenvalue weighted by molar-refractivity contribution is 5.78. The fourth-order valence-electron chi connectivity index (χ4n) is 2.38. The zero-order chi connectivity index (χ0) is 14.0. The summed E-state index contributed by atoms with van der Waals surface area (Å²) in [5.41, 5.74) is 0.231. The zero-order valence-electron chi connectivity index (χ0n) is 10.8. The first-order valence-corrected chi connectivity index (χ1v) is 6.37. The number of halogens is 2. The number of benzene rings is 1. The van der Waals surface area contributed by atoms with E-state index in [1.165, 1.54) is 19.1 Å². The average molecular weight is 269 g/mol. The minimum absolute atomic E-state index is 0.186. The van der Waals surface area contributed by atoms with Gasteiger partial charge in [0.2, 0.25) is 0 Å². The van der Waals surface area contributed by atoms with Crippen molar-refractivity contribution < 1.29 is 18.7 Å². The molecule has 1 aromatic rings. The first-order valence-electron chi connectivity index (χ1n) is 6.37. The number of ketones is 1. The second-order valence-corrected chi connectivity index (χ2v) is 5.01. The van der Waals surface area contributed by atoms with Gasteiger partial charge in [-0.1, -0.05) is 0 Å². The van der Waals surface area contributed by atoms with E-state index in [1.807, 2.05) is 0 Å². The van der Waals surface area contributed by atoms with Gasteiger partial charge in [-0.3, -0.25) is 4.79 Å². The molecule has 1 aliphatic rings. The highest BCUT2D eigenvalue weighted by Crippen LogP contribution is 2.25. The molecule has 1 atom stereocenters. The molecule has 0 radical (unpaired) electrons. The van der Waals surface area contributed by atoms with Crippen LogP contribution in [0.25, 0.3) is 0 Å². The van der Waals surface area contributed by atoms with Crippen LogP contribution in [-0.2, 0) is 11.2 Å². The summed E-state index contributed by atoms with van der Waals surface area (Å²) < 4.78 is 27.7. The summed E-state index contributed by atoms with van der Waals surface area (Å²) in [6.07, 6.45) is 0.807. The minimum Gasteiger partial charge on any atom is -0.391 e. The maximum absolute atomic E-state index is 13.8. The number of hydrogen-bond acceptors (Lipinski definition) is 3. The maximum atomic E-state index is 13.8. The Labute approximate surface area is 110 Å². The van der Waals surface area contributed by atoms with E-state index in [9.17, 15) is 18.7 Å². The van der Waals surface area contributed by atoms with Crippen molar-refractivity contribution in [2.24, 2.45) is 0 Å². The van der Waals surface area contributed by atoms with Gasteiger partial charge in [0.15, 0.2) is 0 Å². The van der Waals surface area contributed by atoms with E-state index < -0.39 is 17.7 Å².